The van der Waals surface area contributed by atoms with E-state index in [9.17, 15) is 13.2 Å². The van der Waals surface area contributed by atoms with Crippen molar-refractivity contribution in [1.29, 1.82) is 0 Å². The summed E-state index contributed by atoms with van der Waals surface area (Å²) in [7, 11) is -3.75. The summed E-state index contributed by atoms with van der Waals surface area (Å²) in [5.74, 6) is -0.458. The molecule has 4 rings (SSSR count). The Kier molecular flexibility index (Phi) is 7.02. The van der Waals surface area contributed by atoms with Crippen LogP contribution in [0.2, 0.25) is 0 Å². The largest absolute Gasteiger partial charge is 0.370 e. The summed E-state index contributed by atoms with van der Waals surface area (Å²) in [6.07, 6.45) is 1.32. The molecule has 1 aliphatic rings. The van der Waals surface area contributed by atoms with Gasteiger partial charge in [-0.25, -0.2) is 8.42 Å². The van der Waals surface area contributed by atoms with E-state index >= 15 is 0 Å². The molecule has 2 aromatic carbocycles. The van der Waals surface area contributed by atoms with Crippen molar-refractivity contribution in [2.24, 2.45) is 5.92 Å². The number of hydrogen-bond donors (Lipinski definition) is 1. The molecule has 1 aliphatic heterocycles. The number of carbonyl (C=O) groups excluding carboxylic acids is 1. The van der Waals surface area contributed by atoms with E-state index in [0.717, 1.165) is 24.0 Å². The summed E-state index contributed by atoms with van der Waals surface area (Å²) >= 11 is 0.996. The summed E-state index contributed by atoms with van der Waals surface area (Å²) < 4.78 is 36.3. The molecular formula is C22H27N5O3S2. The Morgan fingerprint density at radius 3 is 2.78 bits per heavy atom. The average molecular weight is 474 g/mol. The topological polar surface area (TPSA) is 95.5 Å². The number of amides is 1. The number of benzene rings is 2. The monoisotopic (exact) mass is 473 g/mol. The molecule has 1 atom stereocenters. The molecule has 3 aromatic rings. The van der Waals surface area contributed by atoms with Crippen LogP contribution in [-0.2, 0) is 14.8 Å². The minimum absolute atomic E-state index is 0.0949. The lowest BCUT2D eigenvalue weighted by molar-refractivity contribution is -0.126. The molecule has 0 radical (unpaired) electrons. The molecule has 10 heteroatoms. The molecule has 0 bridgehead atoms. The molecule has 1 saturated heterocycles. The first kappa shape index (κ1) is 22.6. The summed E-state index contributed by atoms with van der Waals surface area (Å²) in [5.41, 5.74) is 2.08. The van der Waals surface area contributed by atoms with Gasteiger partial charge in [0.15, 0.2) is 0 Å². The maximum atomic E-state index is 13.3. The molecule has 8 nitrogen and oxygen atoms in total. The Morgan fingerprint density at radius 2 is 2.00 bits per heavy atom. The molecule has 0 aliphatic carbocycles. The fourth-order valence-electron chi connectivity index (χ4n) is 4.07. The van der Waals surface area contributed by atoms with E-state index in [1.54, 1.807) is 18.2 Å². The quantitative estimate of drug-likeness (QED) is 0.541. The number of sulfonamides is 1. The summed E-state index contributed by atoms with van der Waals surface area (Å²) in [6, 6.07) is 15.1. The summed E-state index contributed by atoms with van der Waals surface area (Å²) in [5, 5.41) is 3.00. The van der Waals surface area contributed by atoms with Gasteiger partial charge in [-0.15, -0.1) is 0 Å². The predicted octanol–water partition coefficient (Wildman–Crippen LogP) is 2.73. The number of hydrogen-bond acceptors (Lipinski definition) is 7. The summed E-state index contributed by atoms with van der Waals surface area (Å²) in [4.78, 5) is 15.2. The van der Waals surface area contributed by atoms with E-state index in [1.807, 2.05) is 30.3 Å². The van der Waals surface area contributed by atoms with Gasteiger partial charge in [-0.3, -0.25) is 4.79 Å². The van der Waals surface area contributed by atoms with E-state index in [1.165, 1.54) is 4.31 Å². The van der Waals surface area contributed by atoms with Gasteiger partial charge in [-0.2, -0.15) is 13.1 Å². The highest BCUT2D eigenvalue weighted by atomic mass is 32.2. The minimum Gasteiger partial charge on any atom is -0.370 e. The van der Waals surface area contributed by atoms with Crippen LogP contribution < -0.4 is 10.2 Å². The predicted molar refractivity (Wildman–Crippen MR) is 126 cm³/mol. The summed E-state index contributed by atoms with van der Waals surface area (Å²) in [6.45, 7) is 4.70. The zero-order chi connectivity index (χ0) is 22.6. The standard InChI is InChI=1S/C22H27N5O3S2/c1-2-26(18-9-4-3-5-10-18)15-13-23-22(28)17-8-7-14-27(16-17)32(29,30)20-12-6-11-19-21(20)25-31-24-19/h3-6,9-12,17H,2,7-8,13-16H2,1H3,(H,23,28)/t17-/m1/s1. The number of carbonyl (C=O) groups is 1. The third-order valence-corrected chi connectivity index (χ3v) is 8.25. The van der Waals surface area contributed by atoms with Gasteiger partial charge in [-0.05, 0) is 44.0 Å². The Balaban J connectivity index is 1.38. The maximum Gasteiger partial charge on any atom is 0.245 e. The van der Waals surface area contributed by atoms with Crippen molar-refractivity contribution in [3.63, 3.8) is 0 Å². The lowest BCUT2D eigenvalue weighted by Gasteiger charge is -2.31. The highest BCUT2D eigenvalue weighted by molar-refractivity contribution is 7.89. The second kappa shape index (κ2) is 9.93. The molecule has 0 spiro atoms. The third-order valence-electron chi connectivity index (χ3n) is 5.81. The van der Waals surface area contributed by atoms with Crippen molar-refractivity contribution >= 4 is 44.4 Å². The molecule has 1 amide bonds. The number of likely N-dealkylation sites (N-methyl/N-ethyl adjacent to an activating group) is 1. The smallest absolute Gasteiger partial charge is 0.245 e. The van der Waals surface area contributed by atoms with Crippen LogP contribution in [0.15, 0.2) is 53.4 Å². The number of fused-ring (bicyclic) bond motifs is 1. The van der Waals surface area contributed by atoms with Crippen molar-refractivity contribution in [3.05, 3.63) is 48.5 Å². The number of nitrogens with zero attached hydrogens (tertiary/aromatic N) is 4. The van der Waals surface area contributed by atoms with Crippen molar-refractivity contribution < 1.29 is 13.2 Å². The molecular weight excluding hydrogens is 446 g/mol. The fourth-order valence-corrected chi connectivity index (χ4v) is 6.35. The van der Waals surface area contributed by atoms with Crippen LogP contribution in [0.4, 0.5) is 5.69 Å². The molecule has 1 aromatic heterocycles. The van der Waals surface area contributed by atoms with Gasteiger partial charge in [0.2, 0.25) is 15.9 Å². The van der Waals surface area contributed by atoms with Crippen molar-refractivity contribution in [3.8, 4) is 0 Å². The Morgan fingerprint density at radius 1 is 1.19 bits per heavy atom. The van der Waals surface area contributed by atoms with Crippen LogP contribution in [0.3, 0.4) is 0 Å². The zero-order valence-electron chi connectivity index (χ0n) is 18.0. The van der Waals surface area contributed by atoms with Gasteiger partial charge < -0.3 is 10.2 Å². The molecule has 170 valence electrons. The fraction of sp³-hybridized carbons (Fsp3) is 0.409. The van der Waals surface area contributed by atoms with Gasteiger partial charge in [-0.1, -0.05) is 24.3 Å². The molecule has 1 fully saturated rings. The number of aromatic nitrogens is 2. The van der Waals surface area contributed by atoms with Crippen LogP contribution in [-0.4, -0.2) is 60.1 Å². The molecule has 2 heterocycles. The van der Waals surface area contributed by atoms with Crippen LogP contribution in [0.1, 0.15) is 19.8 Å². The van der Waals surface area contributed by atoms with Gasteiger partial charge in [0.05, 0.1) is 17.6 Å². The molecule has 0 saturated carbocycles. The maximum absolute atomic E-state index is 13.3. The van der Waals surface area contributed by atoms with Crippen molar-refractivity contribution in [1.82, 2.24) is 18.4 Å². The molecule has 32 heavy (non-hydrogen) atoms. The van der Waals surface area contributed by atoms with Crippen LogP contribution in [0.25, 0.3) is 11.0 Å². The molecule has 1 N–H and O–H groups in total. The first-order chi connectivity index (χ1) is 15.5. The number of rotatable bonds is 8. The Hall–Kier alpha value is -2.56. The van der Waals surface area contributed by atoms with Crippen molar-refractivity contribution in [2.75, 3.05) is 37.6 Å². The lowest BCUT2D eigenvalue weighted by Crippen LogP contribution is -2.46. The lowest BCUT2D eigenvalue weighted by atomic mass is 9.99. The minimum atomic E-state index is -3.75. The van der Waals surface area contributed by atoms with Gasteiger partial charge in [0.1, 0.15) is 15.9 Å². The van der Waals surface area contributed by atoms with E-state index in [4.69, 9.17) is 0 Å². The highest BCUT2D eigenvalue weighted by Crippen LogP contribution is 2.28. The van der Waals surface area contributed by atoms with Crippen molar-refractivity contribution in [2.45, 2.75) is 24.7 Å². The van der Waals surface area contributed by atoms with Gasteiger partial charge in [0, 0.05) is 38.4 Å². The SMILES string of the molecule is CCN(CCNC(=O)[C@@H]1CCCN(S(=O)(=O)c2cccc3nsnc23)C1)c1ccccc1. The van der Waals surface area contributed by atoms with Gasteiger partial charge in [0.25, 0.3) is 0 Å². The highest BCUT2D eigenvalue weighted by Gasteiger charge is 2.34. The second-order valence-electron chi connectivity index (χ2n) is 7.80. The number of para-hydroxylation sites is 1. The average Bonchev–Trinajstić information content (AvgIpc) is 3.31. The number of anilines is 1. The Bertz CT molecular complexity index is 1170. The van der Waals surface area contributed by atoms with Gasteiger partial charge >= 0.3 is 0 Å². The first-order valence-electron chi connectivity index (χ1n) is 10.8. The van der Waals surface area contributed by atoms with E-state index in [-0.39, 0.29) is 23.3 Å². The number of piperidine rings is 1. The zero-order valence-corrected chi connectivity index (χ0v) is 19.6. The van der Waals surface area contributed by atoms with Crippen LogP contribution >= 0.6 is 11.7 Å². The Labute approximate surface area is 192 Å². The van der Waals surface area contributed by atoms with Crippen LogP contribution in [0, 0.1) is 5.92 Å². The third kappa shape index (κ3) is 4.77. The number of nitrogens with one attached hydrogen (secondary N) is 1. The van der Waals surface area contributed by atoms with E-state index in [2.05, 4.69) is 25.9 Å². The second-order valence-corrected chi connectivity index (χ2v) is 10.2. The van der Waals surface area contributed by atoms with E-state index in [0.29, 0.717) is 43.5 Å². The van der Waals surface area contributed by atoms with Crippen LogP contribution in [0.5, 0.6) is 0 Å². The molecule has 0 unspecified atom stereocenters. The normalized spacial score (nSPS) is 17.3. The van der Waals surface area contributed by atoms with E-state index < -0.39 is 10.0 Å². The first-order valence-corrected chi connectivity index (χ1v) is 13.0.